The van der Waals surface area contributed by atoms with Crippen molar-refractivity contribution in [3.05, 3.63) is 51.9 Å². The molecule has 0 aromatic carbocycles. The van der Waals surface area contributed by atoms with Crippen molar-refractivity contribution in [1.82, 2.24) is 14.9 Å². The fraction of sp³-hybridized carbons (Fsp3) is 0.450. The minimum Gasteiger partial charge on any atom is -0.474 e. The maximum atomic E-state index is 11.9. The van der Waals surface area contributed by atoms with Gasteiger partial charge in [-0.2, -0.15) is 0 Å². The Morgan fingerprint density at radius 1 is 1.31 bits per heavy atom. The predicted octanol–water partition coefficient (Wildman–Crippen LogP) is 3.86. The van der Waals surface area contributed by atoms with Crippen LogP contribution < -0.4 is 4.74 Å². The van der Waals surface area contributed by atoms with Crippen LogP contribution in [0.1, 0.15) is 48.5 Å². The number of aromatic nitrogens is 2. The van der Waals surface area contributed by atoms with E-state index in [9.17, 15) is 4.79 Å². The van der Waals surface area contributed by atoms with E-state index in [1.54, 1.807) is 12.4 Å². The van der Waals surface area contributed by atoms with Gasteiger partial charge < -0.3 is 9.53 Å². The number of hydrogen-bond acceptors (Lipinski definition) is 5. The molecule has 0 spiro atoms. The Morgan fingerprint density at radius 3 is 2.96 bits per heavy atom. The summed E-state index contributed by atoms with van der Waals surface area (Å²) in [6.07, 6.45) is 10.4. The second kappa shape index (κ2) is 7.84. The number of ether oxygens (including phenoxy) is 1. The van der Waals surface area contributed by atoms with Gasteiger partial charge in [-0.05, 0) is 59.3 Å². The van der Waals surface area contributed by atoms with E-state index >= 15 is 0 Å². The van der Waals surface area contributed by atoms with Gasteiger partial charge in [0.25, 0.3) is 0 Å². The van der Waals surface area contributed by atoms with Gasteiger partial charge in [-0.1, -0.05) is 6.07 Å². The maximum Gasteiger partial charge on any atom is 0.218 e. The highest BCUT2D eigenvalue weighted by atomic mass is 79.9. The van der Waals surface area contributed by atoms with Crippen molar-refractivity contribution in [1.29, 1.82) is 0 Å². The summed E-state index contributed by atoms with van der Waals surface area (Å²) < 4.78 is 7.06. The van der Waals surface area contributed by atoms with Crippen LogP contribution in [0.5, 0.6) is 5.88 Å². The molecule has 6 heteroatoms. The fourth-order valence-corrected chi connectivity index (χ4v) is 4.25. The summed E-state index contributed by atoms with van der Waals surface area (Å²) in [4.78, 5) is 23.0. The predicted molar refractivity (Wildman–Crippen MR) is 102 cm³/mol. The van der Waals surface area contributed by atoms with E-state index in [0.29, 0.717) is 12.4 Å². The van der Waals surface area contributed by atoms with E-state index in [2.05, 4.69) is 30.8 Å². The molecule has 26 heavy (non-hydrogen) atoms. The van der Waals surface area contributed by atoms with Crippen LogP contribution in [-0.2, 0) is 17.8 Å². The van der Waals surface area contributed by atoms with Gasteiger partial charge in [-0.3, -0.25) is 9.88 Å². The molecule has 136 valence electrons. The van der Waals surface area contributed by atoms with Gasteiger partial charge in [0.1, 0.15) is 12.4 Å². The molecule has 4 rings (SSSR count). The Hall–Kier alpha value is -1.79. The molecule has 1 atom stereocenters. The highest BCUT2D eigenvalue weighted by Gasteiger charge is 2.29. The molecule has 2 aliphatic rings. The molecule has 0 N–H and O–H groups in total. The van der Waals surface area contributed by atoms with E-state index in [-0.39, 0.29) is 12.1 Å². The quantitative estimate of drug-likeness (QED) is 0.693. The number of hydrogen-bond donors (Lipinski definition) is 0. The van der Waals surface area contributed by atoms with Crippen molar-refractivity contribution in [2.24, 2.45) is 0 Å². The zero-order valence-corrected chi connectivity index (χ0v) is 16.2. The summed E-state index contributed by atoms with van der Waals surface area (Å²) in [5.41, 5.74) is 3.04. The van der Waals surface area contributed by atoms with Gasteiger partial charge in [0.2, 0.25) is 5.88 Å². The van der Waals surface area contributed by atoms with Gasteiger partial charge >= 0.3 is 0 Å². The minimum atomic E-state index is -0.289. The standard InChI is InChI=1S/C20H22BrN3O2/c21-15-10-17-18(23-11-15)7-9-24(19(17)13-25)12-14-4-3-8-22-20(14)26-16-5-1-2-6-16/h3-4,8,10-11,13,16,19H,1-2,5-7,9,12H2. The Bertz CT molecular complexity index is 792. The number of nitrogens with zero attached hydrogens (tertiary/aromatic N) is 3. The third-order valence-corrected chi connectivity index (χ3v) is 5.68. The number of fused-ring (bicyclic) bond motifs is 1. The van der Waals surface area contributed by atoms with Crippen LogP contribution >= 0.6 is 15.9 Å². The average molecular weight is 416 g/mol. The fourth-order valence-electron chi connectivity index (χ4n) is 3.90. The first-order valence-corrected chi connectivity index (χ1v) is 9.98. The third kappa shape index (κ3) is 3.67. The third-order valence-electron chi connectivity index (χ3n) is 5.25. The molecule has 0 bridgehead atoms. The van der Waals surface area contributed by atoms with Crippen LogP contribution in [0.3, 0.4) is 0 Å². The molecule has 1 unspecified atom stereocenters. The van der Waals surface area contributed by atoms with Crippen LogP contribution in [0, 0.1) is 0 Å². The minimum absolute atomic E-state index is 0.271. The van der Waals surface area contributed by atoms with Crippen molar-refractivity contribution < 1.29 is 9.53 Å². The van der Waals surface area contributed by atoms with Crippen molar-refractivity contribution in [2.75, 3.05) is 6.54 Å². The van der Waals surface area contributed by atoms with Crippen LogP contribution in [-0.4, -0.2) is 33.8 Å². The summed E-state index contributed by atoms with van der Waals surface area (Å²) in [7, 11) is 0. The monoisotopic (exact) mass is 415 g/mol. The first-order valence-electron chi connectivity index (χ1n) is 9.19. The number of aldehydes is 1. The number of halogens is 1. The van der Waals surface area contributed by atoms with E-state index < -0.39 is 0 Å². The van der Waals surface area contributed by atoms with Crippen molar-refractivity contribution >= 4 is 22.2 Å². The Morgan fingerprint density at radius 2 is 2.15 bits per heavy atom. The lowest BCUT2D eigenvalue weighted by Gasteiger charge is -2.34. The molecule has 2 aromatic rings. The summed E-state index contributed by atoms with van der Waals surface area (Å²) in [6.45, 7) is 1.44. The smallest absolute Gasteiger partial charge is 0.218 e. The highest BCUT2D eigenvalue weighted by Crippen LogP contribution is 2.32. The molecule has 1 fully saturated rings. The molecule has 3 heterocycles. The number of carbonyl (C=O) groups is 1. The molecule has 2 aromatic heterocycles. The number of carbonyl (C=O) groups excluding carboxylic acids is 1. The lowest BCUT2D eigenvalue weighted by molar-refractivity contribution is -0.113. The molecule has 0 amide bonds. The van der Waals surface area contributed by atoms with Crippen molar-refractivity contribution in [3.63, 3.8) is 0 Å². The number of rotatable bonds is 5. The van der Waals surface area contributed by atoms with Crippen molar-refractivity contribution in [2.45, 2.75) is 50.8 Å². The largest absolute Gasteiger partial charge is 0.474 e. The number of pyridine rings is 2. The van der Waals surface area contributed by atoms with Crippen LogP contribution in [0.15, 0.2) is 35.1 Å². The summed E-state index contributed by atoms with van der Waals surface area (Å²) in [5, 5.41) is 0. The van der Waals surface area contributed by atoms with E-state index in [1.165, 1.54) is 12.8 Å². The Kier molecular flexibility index (Phi) is 5.31. The van der Waals surface area contributed by atoms with Gasteiger partial charge in [-0.25, -0.2) is 4.98 Å². The molecule has 1 aliphatic heterocycles. The summed E-state index contributed by atoms with van der Waals surface area (Å²) in [5.74, 6) is 0.710. The molecule has 1 aliphatic carbocycles. The molecular formula is C20H22BrN3O2. The van der Waals surface area contributed by atoms with Gasteiger partial charge in [0.05, 0.1) is 6.04 Å². The van der Waals surface area contributed by atoms with E-state index in [0.717, 1.165) is 53.4 Å². The second-order valence-corrected chi connectivity index (χ2v) is 7.90. The SMILES string of the molecule is O=CC1c2cc(Br)cnc2CCN1Cc1cccnc1OC1CCCC1. The van der Waals surface area contributed by atoms with Crippen molar-refractivity contribution in [3.8, 4) is 5.88 Å². The van der Waals surface area contributed by atoms with Crippen LogP contribution in [0.2, 0.25) is 0 Å². The molecule has 5 nitrogen and oxygen atoms in total. The van der Waals surface area contributed by atoms with Crippen LogP contribution in [0.4, 0.5) is 0 Å². The lowest BCUT2D eigenvalue weighted by Crippen LogP contribution is -2.36. The Labute approximate surface area is 161 Å². The molecule has 1 saturated carbocycles. The first kappa shape index (κ1) is 17.6. The normalized spacial score (nSPS) is 20.7. The highest BCUT2D eigenvalue weighted by molar-refractivity contribution is 9.10. The van der Waals surface area contributed by atoms with Gasteiger partial charge in [0, 0.05) is 47.6 Å². The zero-order valence-electron chi connectivity index (χ0n) is 14.6. The van der Waals surface area contributed by atoms with E-state index in [1.807, 2.05) is 18.2 Å². The first-order chi connectivity index (χ1) is 12.7. The maximum absolute atomic E-state index is 11.9. The molecular weight excluding hydrogens is 394 g/mol. The van der Waals surface area contributed by atoms with Gasteiger partial charge in [-0.15, -0.1) is 0 Å². The second-order valence-electron chi connectivity index (χ2n) is 6.98. The van der Waals surface area contributed by atoms with Crippen LogP contribution in [0.25, 0.3) is 0 Å². The Balaban J connectivity index is 1.56. The summed E-state index contributed by atoms with van der Waals surface area (Å²) >= 11 is 3.47. The lowest BCUT2D eigenvalue weighted by atomic mass is 9.97. The molecule has 0 saturated heterocycles. The van der Waals surface area contributed by atoms with Gasteiger partial charge in [0.15, 0.2) is 0 Å². The molecule has 0 radical (unpaired) electrons. The summed E-state index contributed by atoms with van der Waals surface area (Å²) in [6, 6.07) is 5.70. The van der Waals surface area contributed by atoms with E-state index in [4.69, 9.17) is 4.74 Å². The topological polar surface area (TPSA) is 55.3 Å². The average Bonchev–Trinajstić information content (AvgIpc) is 3.16. The zero-order chi connectivity index (χ0) is 17.9.